The van der Waals surface area contributed by atoms with Crippen LogP contribution in [0.5, 0.6) is 5.75 Å². The quantitative estimate of drug-likeness (QED) is 0.333. The number of likely N-dealkylation sites (tertiary alicyclic amines) is 1. The lowest BCUT2D eigenvalue weighted by atomic mass is 9.94. The van der Waals surface area contributed by atoms with E-state index < -0.39 is 17.7 Å². The highest BCUT2D eigenvalue weighted by Gasteiger charge is 2.45. The molecule has 6 nitrogen and oxygen atoms in total. The third-order valence-corrected chi connectivity index (χ3v) is 5.85. The van der Waals surface area contributed by atoms with E-state index in [0.717, 1.165) is 28.9 Å². The number of methoxy groups -OCH3 is 1. The van der Waals surface area contributed by atoms with E-state index in [1.807, 2.05) is 50.2 Å². The minimum absolute atomic E-state index is 0.0753. The van der Waals surface area contributed by atoms with Gasteiger partial charge in [-0.1, -0.05) is 29.8 Å². The van der Waals surface area contributed by atoms with Gasteiger partial charge in [0.2, 0.25) is 0 Å². The summed E-state index contributed by atoms with van der Waals surface area (Å²) < 4.78 is 10.9. The number of aliphatic hydroxyl groups excluding tert-OH is 1. The number of carbonyl (C=O) groups excluding carboxylic acids is 2. The van der Waals surface area contributed by atoms with Crippen molar-refractivity contribution in [3.8, 4) is 5.75 Å². The Hall–Kier alpha value is -3.12. The van der Waals surface area contributed by atoms with E-state index in [4.69, 9.17) is 9.47 Å². The second-order valence-corrected chi connectivity index (χ2v) is 8.20. The van der Waals surface area contributed by atoms with Gasteiger partial charge in [0, 0.05) is 32.2 Å². The van der Waals surface area contributed by atoms with E-state index >= 15 is 0 Å². The SMILES string of the molecule is COCCCN1C(=O)C(=O)/C(=C(/O)c2ccc3c(c2)CC(C)O3)C1c1ccc(C)cc1. The molecule has 4 rings (SSSR count). The average Bonchev–Trinajstić information content (AvgIpc) is 3.25. The van der Waals surface area contributed by atoms with E-state index in [0.29, 0.717) is 25.1 Å². The molecule has 1 N–H and O–H groups in total. The first-order chi connectivity index (χ1) is 14.9. The summed E-state index contributed by atoms with van der Waals surface area (Å²) in [5, 5.41) is 11.2. The first kappa shape index (κ1) is 21.1. The summed E-state index contributed by atoms with van der Waals surface area (Å²) in [5.74, 6) is -0.619. The molecule has 2 aromatic rings. The number of hydrogen-bond donors (Lipinski definition) is 1. The van der Waals surface area contributed by atoms with Crippen LogP contribution >= 0.6 is 0 Å². The van der Waals surface area contributed by atoms with Crippen LogP contribution in [-0.4, -0.2) is 48.1 Å². The lowest BCUT2D eigenvalue weighted by molar-refractivity contribution is -0.140. The van der Waals surface area contributed by atoms with Crippen LogP contribution in [0, 0.1) is 6.92 Å². The minimum atomic E-state index is -0.661. The third kappa shape index (κ3) is 3.95. The van der Waals surface area contributed by atoms with E-state index in [2.05, 4.69) is 0 Å². The largest absolute Gasteiger partial charge is 0.507 e. The van der Waals surface area contributed by atoms with Crippen LogP contribution < -0.4 is 4.74 Å². The average molecular weight is 421 g/mol. The highest BCUT2D eigenvalue weighted by Crippen LogP contribution is 2.40. The summed E-state index contributed by atoms with van der Waals surface area (Å²) >= 11 is 0. The number of ketones is 1. The molecule has 6 heteroatoms. The lowest BCUT2D eigenvalue weighted by Gasteiger charge is -2.25. The standard InChI is InChI=1S/C25H27NO5/c1-15-5-7-17(8-6-15)22-21(24(28)25(29)26(22)11-4-12-30-3)23(27)18-9-10-20-19(14-18)13-16(2)31-20/h5-10,14,16,22,27H,4,11-13H2,1-3H3/b23-21+. The summed E-state index contributed by atoms with van der Waals surface area (Å²) in [4.78, 5) is 27.5. The monoisotopic (exact) mass is 421 g/mol. The number of benzene rings is 2. The maximum Gasteiger partial charge on any atom is 0.295 e. The smallest absolute Gasteiger partial charge is 0.295 e. The molecule has 162 valence electrons. The second-order valence-electron chi connectivity index (χ2n) is 8.20. The summed E-state index contributed by atoms with van der Waals surface area (Å²) in [6, 6.07) is 12.4. The first-order valence-corrected chi connectivity index (χ1v) is 10.5. The van der Waals surface area contributed by atoms with E-state index in [1.165, 1.54) is 4.90 Å². The van der Waals surface area contributed by atoms with Crippen molar-refractivity contribution in [3.63, 3.8) is 0 Å². The molecule has 2 aromatic carbocycles. The van der Waals surface area contributed by atoms with Crippen molar-refractivity contribution in [2.45, 2.75) is 38.8 Å². The number of amides is 1. The molecule has 2 aliphatic heterocycles. The van der Waals surface area contributed by atoms with Crippen molar-refractivity contribution in [3.05, 3.63) is 70.3 Å². The first-order valence-electron chi connectivity index (χ1n) is 10.5. The Labute approximate surface area is 182 Å². The van der Waals surface area contributed by atoms with Gasteiger partial charge in [-0.15, -0.1) is 0 Å². The fraction of sp³-hybridized carbons (Fsp3) is 0.360. The van der Waals surface area contributed by atoms with Crippen LogP contribution in [0.25, 0.3) is 5.76 Å². The number of aliphatic hydroxyl groups is 1. The van der Waals surface area contributed by atoms with Crippen LogP contribution in [0.15, 0.2) is 48.0 Å². The summed E-state index contributed by atoms with van der Waals surface area (Å²) in [5.41, 5.74) is 3.49. The van der Waals surface area contributed by atoms with Gasteiger partial charge in [0.1, 0.15) is 17.6 Å². The van der Waals surface area contributed by atoms with Crippen molar-refractivity contribution in [2.24, 2.45) is 0 Å². The molecular formula is C25H27NO5. The Morgan fingerprint density at radius 2 is 1.94 bits per heavy atom. The Balaban J connectivity index is 1.79. The van der Waals surface area contributed by atoms with E-state index in [-0.39, 0.29) is 17.4 Å². The van der Waals surface area contributed by atoms with Crippen LogP contribution in [0.2, 0.25) is 0 Å². The number of rotatable bonds is 6. The molecule has 0 bridgehead atoms. The zero-order chi connectivity index (χ0) is 22.1. The zero-order valence-corrected chi connectivity index (χ0v) is 18.1. The normalized spacial score (nSPS) is 22.0. The van der Waals surface area contributed by atoms with E-state index in [1.54, 1.807) is 13.2 Å². The topological polar surface area (TPSA) is 76.1 Å². The molecule has 2 unspecified atom stereocenters. The summed E-state index contributed by atoms with van der Waals surface area (Å²) in [7, 11) is 1.60. The molecule has 1 fully saturated rings. The number of aryl methyl sites for hydroxylation is 1. The highest BCUT2D eigenvalue weighted by atomic mass is 16.5. The minimum Gasteiger partial charge on any atom is -0.507 e. The number of hydrogen-bond acceptors (Lipinski definition) is 5. The van der Waals surface area contributed by atoms with Gasteiger partial charge in [0.15, 0.2) is 0 Å². The van der Waals surface area contributed by atoms with Gasteiger partial charge in [-0.25, -0.2) is 0 Å². The van der Waals surface area contributed by atoms with Gasteiger partial charge in [-0.3, -0.25) is 9.59 Å². The molecule has 1 amide bonds. The number of ether oxygens (including phenoxy) is 2. The maximum atomic E-state index is 13.0. The van der Waals surface area contributed by atoms with Crippen LogP contribution in [0.4, 0.5) is 0 Å². The van der Waals surface area contributed by atoms with E-state index in [9.17, 15) is 14.7 Å². The zero-order valence-electron chi connectivity index (χ0n) is 18.1. The molecule has 2 aliphatic rings. The highest BCUT2D eigenvalue weighted by molar-refractivity contribution is 6.46. The van der Waals surface area contributed by atoms with Gasteiger partial charge in [0.05, 0.1) is 11.6 Å². The van der Waals surface area contributed by atoms with Gasteiger partial charge < -0.3 is 19.5 Å². The van der Waals surface area contributed by atoms with Crippen molar-refractivity contribution < 1.29 is 24.2 Å². The van der Waals surface area contributed by atoms with Crippen molar-refractivity contribution in [2.75, 3.05) is 20.3 Å². The van der Waals surface area contributed by atoms with Gasteiger partial charge in [-0.05, 0) is 49.6 Å². The molecule has 2 heterocycles. The Morgan fingerprint density at radius 3 is 2.65 bits per heavy atom. The number of nitrogens with zero attached hydrogens (tertiary/aromatic N) is 1. The fourth-order valence-corrected chi connectivity index (χ4v) is 4.31. The van der Waals surface area contributed by atoms with Crippen molar-refractivity contribution in [1.82, 2.24) is 4.90 Å². The molecule has 0 aromatic heterocycles. The number of Topliss-reactive ketones (excluding diaryl/α,β-unsaturated/α-hetero) is 1. The van der Waals surface area contributed by atoms with Gasteiger partial charge in [-0.2, -0.15) is 0 Å². The predicted octanol–water partition coefficient (Wildman–Crippen LogP) is 3.78. The Morgan fingerprint density at radius 1 is 1.19 bits per heavy atom. The van der Waals surface area contributed by atoms with Crippen LogP contribution in [0.1, 0.15) is 41.6 Å². The molecule has 31 heavy (non-hydrogen) atoms. The van der Waals surface area contributed by atoms with Crippen molar-refractivity contribution in [1.29, 1.82) is 0 Å². The summed E-state index contributed by atoms with van der Waals surface area (Å²) in [6.45, 7) is 4.81. The predicted molar refractivity (Wildman–Crippen MR) is 117 cm³/mol. The number of fused-ring (bicyclic) bond motifs is 1. The molecule has 0 saturated carbocycles. The van der Waals surface area contributed by atoms with Crippen LogP contribution in [0.3, 0.4) is 0 Å². The second kappa shape index (κ2) is 8.55. The molecule has 0 aliphatic carbocycles. The molecular weight excluding hydrogens is 394 g/mol. The van der Waals surface area contributed by atoms with Crippen LogP contribution in [-0.2, 0) is 20.7 Å². The fourth-order valence-electron chi connectivity index (χ4n) is 4.31. The van der Waals surface area contributed by atoms with Crippen molar-refractivity contribution >= 4 is 17.4 Å². The lowest BCUT2D eigenvalue weighted by Crippen LogP contribution is -2.31. The molecule has 1 saturated heterocycles. The van der Waals surface area contributed by atoms with Gasteiger partial charge >= 0.3 is 0 Å². The Bertz CT molecular complexity index is 1040. The van der Waals surface area contributed by atoms with Gasteiger partial charge in [0.25, 0.3) is 11.7 Å². The third-order valence-electron chi connectivity index (χ3n) is 5.85. The number of carbonyl (C=O) groups is 2. The molecule has 0 spiro atoms. The molecule has 2 atom stereocenters. The summed E-state index contributed by atoms with van der Waals surface area (Å²) in [6.07, 6.45) is 1.41. The Kier molecular flexibility index (Phi) is 5.83. The molecule has 0 radical (unpaired) electrons. The maximum absolute atomic E-state index is 13.0.